The quantitative estimate of drug-likeness (QED) is 0.327. The Hall–Kier alpha value is -2.36. The summed E-state index contributed by atoms with van der Waals surface area (Å²) >= 11 is 0. The first-order valence-corrected chi connectivity index (χ1v) is 10.1. The maximum atomic E-state index is 5.54. The number of hydrogen-bond donors (Lipinski definition) is 1. The molecule has 0 atom stereocenters. The molecule has 170 valence electrons. The monoisotopic (exact) mass is 541 g/mol. The molecule has 0 aliphatic carbocycles. The van der Waals surface area contributed by atoms with Gasteiger partial charge in [0.1, 0.15) is 0 Å². The third-order valence-electron chi connectivity index (χ3n) is 5.24. The molecular formula is C23H32IN3O4. The zero-order valence-corrected chi connectivity index (χ0v) is 21.2. The topological polar surface area (TPSA) is 64.6 Å². The highest BCUT2D eigenvalue weighted by atomic mass is 127. The van der Waals surface area contributed by atoms with E-state index in [1.807, 2.05) is 18.2 Å². The van der Waals surface area contributed by atoms with Crippen LogP contribution in [0.25, 0.3) is 0 Å². The molecule has 31 heavy (non-hydrogen) atoms. The Morgan fingerprint density at radius 1 is 0.968 bits per heavy atom. The molecule has 1 aliphatic rings. The lowest BCUT2D eigenvalue weighted by Gasteiger charge is -2.32. The minimum absolute atomic E-state index is 0. The molecule has 0 amide bonds. The van der Waals surface area contributed by atoms with Gasteiger partial charge in [-0.1, -0.05) is 12.1 Å². The molecular weight excluding hydrogens is 509 g/mol. The van der Waals surface area contributed by atoms with Crippen LogP contribution in [-0.2, 0) is 19.5 Å². The van der Waals surface area contributed by atoms with Crippen molar-refractivity contribution in [3.05, 3.63) is 47.0 Å². The van der Waals surface area contributed by atoms with Gasteiger partial charge in [0.15, 0.2) is 29.0 Å². The average Bonchev–Trinajstić information content (AvgIpc) is 2.79. The molecule has 2 aromatic carbocycles. The second-order valence-electron chi connectivity index (χ2n) is 6.97. The van der Waals surface area contributed by atoms with Crippen molar-refractivity contribution in [1.82, 2.24) is 10.2 Å². The van der Waals surface area contributed by atoms with Crippen molar-refractivity contribution >= 4 is 29.9 Å². The first-order chi connectivity index (χ1) is 14.6. The van der Waals surface area contributed by atoms with Crippen LogP contribution in [0.4, 0.5) is 0 Å². The van der Waals surface area contributed by atoms with Crippen molar-refractivity contribution in [2.75, 3.05) is 41.5 Å². The number of benzene rings is 2. The van der Waals surface area contributed by atoms with E-state index in [1.165, 1.54) is 11.1 Å². The van der Waals surface area contributed by atoms with E-state index in [1.54, 1.807) is 28.4 Å². The van der Waals surface area contributed by atoms with E-state index in [9.17, 15) is 0 Å². The number of nitrogens with one attached hydrogen (secondary N) is 1. The second kappa shape index (κ2) is 11.9. The molecule has 0 saturated heterocycles. The van der Waals surface area contributed by atoms with Crippen LogP contribution in [0, 0.1) is 0 Å². The minimum atomic E-state index is 0. The van der Waals surface area contributed by atoms with E-state index in [-0.39, 0.29) is 24.0 Å². The average molecular weight is 541 g/mol. The van der Waals surface area contributed by atoms with E-state index in [4.69, 9.17) is 23.9 Å². The smallest absolute Gasteiger partial charge is 0.194 e. The minimum Gasteiger partial charge on any atom is -0.493 e. The predicted molar refractivity (Wildman–Crippen MR) is 133 cm³/mol. The summed E-state index contributed by atoms with van der Waals surface area (Å²) in [5, 5.41) is 3.42. The van der Waals surface area contributed by atoms with E-state index < -0.39 is 0 Å². The molecule has 0 saturated carbocycles. The molecule has 0 fully saturated rings. The molecule has 1 heterocycles. The summed E-state index contributed by atoms with van der Waals surface area (Å²) in [6, 6.07) is 10.00. The summed E-state index contributed by atoms with van der Waals surface area (Å²) in [4.78, 5) is 7.15. The fourth-order valence-electron chi connectivity index (χ4n) is 3.73. The van der Waals surface area contributed by atoms with Crippen molar-refractivity contribution in [2.24, 2.45) is 4.99 Å². The second-order valence-corrected chi connectivity index (χ2v) is 6.97. The Morgan fingerprint density at radius 3 is 2.26 bits per heavy atom. The van der Waals surface area contributed by atoms with E-state index in [0.717, 1.165) is 54.8 Å². The summed E-state index contributed by atoms with van der Waals surface area (Å²) in [5.74, 6) is 3.84. The number of aliphatic imine (C=N–C) groups is 1. The number of nitrogens with zero attached hydrogens (tertiary/aromatic N) is 2. The molecule has 2 aromatic rings. The zero-order chi connectivity index (χ0) is 21.5. The summed E-state index contributed by atoms with van der Waals surface area (Å²) in [6.45, 7) is 5.01. The first kappa shape index (κ1) is 24.9. The number of rotatable bonds is 7. The van der Waals surface area contributed by atoms with Crippen LogP contribution in [0.2, 0.25) is 0 Å². The van der Waals surface area contributed by atoms with Gasteiger partial charge in [-0.2, -0.15) is 0 Å². The van der Waals surface area contributed by atoms with E-state index >= 15 is 0 Å². The Kier molecular flexibility index (Phi) is 9.54. The van der Waals surface area contributed by atoms with Gasteiger partial charge < -0.3 is 29.2 Å². The highest BCUT2D eigenvalue weighted by molar-refractivity contribution is 14.0. The summed E-state index contributed by atoms with van der Waals surface area (Å²) in [7, 11) is 6.63. The van der Waals surface area contributed by atoms with Crippen molar-refractivity contribution in [3.63, 3.8) is 0 Å². The van der Waals surface area contributed by atoms with Crippen molar-refractivity contribution in [1.29, 1.82) is 0 Å². The fraction of sp³-hybridized carbons (Fsp3) is 0.435. The van der Waals surface area contributed by atoms with Gasteiger partial charge in [0.05, 0.1) is 35.0 Å². The van der Waals surface area contributed by atoms with Gasteiger partial charge >= 0.3 is 0 Å². The van der Waals surface area contributed by atoms with Crippen molar-refractivity contribution in [2.45, 2.75) is 26.4 Å². The molecule has 1 N–H and O–H groups in total. The van der Waals surface area contributed by atoms with Crippen molar-refractivity contribution in [3.8, 4) is 23.0 Å². The number of fused-ring (bicyclic) bond motifs is 1. The van der Waals surface area contributed by atoms with E-state index in [0.29, 0.717) is 12.3 Å². The summed E-state index contributed by atoms with van der Waals surface area (Å²) in [5.41, 5.74) is 3.49. The van der Waals surface area contributed by atoms with Gasteiger partial charge in [0, 0.05) is 25.2 Å². The molecule has 7 nitrogen and oxygen atoms in total. The van der Waals surface area contributed by atoms with Crippen LogP contribution in [0.5, 0.6) is 23.0 Å². The molecule has 0 spiro atoms. The summed E-state index contributed by atoms with van der Waals surface area (Å²) < 4.78 is 21.9. The maximum Gasteiger partial charge on any atom is 0.194 e. The fourth-order valence-corrected chi connectivity index (χ4v) is 3.73. The number of hydrogen-bond acceptors (Lipinski definition) is 5. The normalized spacial score (nSPS) is 13.1. The number of halogens is 1. The molecule has 0 radical (unpaired) electrons. The molecule has 8 heteroatoms. The lowest BCUT2D eigenvalue weighted by Crippen LogP contribution is -2.44. The predicted octanol–water partition coefficient (Wildman–Crippen LogP) is 3.86. The third kappa shape index (κ3) is 5.66. The highest BCUT2D eigenvalue weighted by Gasteiger charge is 2.22. The largest absolute Gasteiger partial charge is 0.493 e. The molecule has 0 aromatic heterocycles. The highest BCUT2D eigenvalue weighted by Crippen LogP contribution is 2.34. The van der Waals surface area contributed by atoms with Gasteiger partial charge in [0.25, 0.3) is 0 Å². The number of methoxy groups -OCH3 is 4. The van der Waals surface area contributed by atoms with Gasteiger partial charge in [-0.15, -0.1) is 24.0 Å². The number of ether oxygens (including phenoxy) is 4. The first-order valence-electron chi connectivity index (χ1n) is 10.1. The van der Waals surface area contributed by atoms with E-state index in [2.05, 4.69) is 29.3 Å². The molecule has 3 rings (SSSR count). The lowest BCUT2D eigenvalue weighted by atomic mass is 9.99. The van der Waals surface area contributed by atoms with Crippen LogP contribution < -0.4 is 24.3 Å². The molecule has 0 unspecified atom stereocenters. The Bertz CT molecular complexity index is 905. The van der Waals surface area contributed by atoms with Gasteiger partial charge in [-0.3, -0.25) is 0 Å². The van der Waals surface area contributed by atoms with Gasteiger partial charge in [-0.05, 0) is 42.7 Å². The van der Waals surface area contributed by atoms with Gasteiger partial charge in [0.2, 0.25) is 0 Å². The zero-order valence-electron chi connectivity index (χ0n) is 18.9. The maximum absolute atomic E-state index is 5.54. The standard InChI is InChI=1S/C23H31N3O4.HI/c1-6-24-23(25-14-17-8-7-9-19(27-2)22(17)30-5)26-11-10-16-12-20(28-3)21(29-4)13-18(16)15-26;/h7-9,12-13H,6,10-11,14-15H2,1-5H3,(H,24,25);1H. The molecule has 0 bridgehead atoms. The third-order valence-corrected chi connectivity index (χ3v) is 5.24. The number of para-hydroxylation sites is 1. The van der Waals surface area contributed by atoms with Crippen LogP contribution in [-0.4, -0.2) is 52.4 Å². The lowest BCUT2D eigenvalue weighted by molar-refractivity contribution is 0.345. The van der Waals surface area contributed by atoms with Crippen molar-refractivity contribution < 1.29 is 18.9 Å². The molecule has 1 aliphatic heterocycles. The number of guanidine groups is 1. The Labute approximate surface area is 201 Å². The van der Waals surface area contributed by atoms with Crippen LogP contribution >= 0.6 is 24.0 Å². The summed E-state index contributed by atoms with van der Waals surface area (Å²) in [6.07, 6.45) is 0.919. The van der Waals surface area contributed by atoms with Gasteiger partial charge in [-0.25, -0.2) is 4.99 Å². The SMILES string of the molecule is CCNC(=NCc1cccc(OC)c1OC)N1CCc2cc(OC)c(OC)cc2C1.I. The Balaban J connectivity index is 0.00000341. The van der Waals surface area contributed by atoms with Crippen LogP contribution in [0.3, 0.4) is 0 Å². The van der Waals surface area contributed by atoms with Crippen LogP contribution in [0.1, 0.15) is 23.6 Å². The Morgan fingerprint density at radius 2 is 1.65 bits per heavy atom. The van der Waals surface area contributed by atoms with Crippen LogP contribution in [0.15, 0.2) is 35.3 Å².